The third-order valence-electron chi connectivity index (χ3n) is 3.77. The molecule has 0 heterocycles. The molecular formula is C20H24N2O3S. The Morgan fingerprint density at radius 2 is 1.77 bits per heavy atom. The molecule has 0 aliphatic carbocycles. The maximum atomic E-state index is 12.2. The van der Waals surface area contributed by atoms with Crippen LogP contribution >= 0.6 is 11.8 Å². The van der Waals surface area contributed by atoms with Gasteiger partial charge < -0.3 is 15.0 Å². The summed E-state index contributed by atoms with van der Waals surface area (Å²) in [5, 5.41) is 2.75. The molecule has 1 N–H and O–H groups in total. The van der Waals surface area contributed by atoms with E-state index >= 15 is 0 Å². The minimum absolute atomic E-state index is 0.167. The largest absolute Gasteiger partial charge is 0.452 e. The normalized spacial score (nSPS) is 11.5. The van der Waals surface area contributed by atoms with Gasteiger partial charge in [0.25, 0.3) is 5.91 Å². The number of hydrogen-bond donors (Lipinski definition) is 1. The van der Waals surface area contributed by atoms with E-state index in [0.29, 0.717) is 5.69 Å². The number of ether oxygens (including phenoxy) is 1. The molecule has 0 spiro atoms. The van der Waals surface area contributed by atoms with Gasteiger partial charge in [0.2, 0.25) is 0 Å². The number of nitrogens with zero attached hydrogens (tertiary/aromatic N) is 1. The fourth-order valence-electron chi connectivity index (χ4n) is 2.23. The van der Waals surface area contributed by atoms with Crippen molar-refractivity contribution in [1.29, 1.82) is 0 Å². The van der Waals surface area contributed by atoms with Gasteiger partial charge in [-0.05, 0) is 49.7 Å². The summed E-state index contributed by atoms with van der Waals surface area (Å²) in [6.07, 6.45) is -0.853. The van der Waals surface area contributed by atoms with Gasteiger partial charge in [0, 0.05) is 30.4 Å². The average Bonchev–Trinajstić information content (AvgIpc) is 2.61. The molecule has 138 valence electrons. The summed E-state index contributed by atoms with van der Waals surface area (Å²) in [6.45, 7) is 3.56. The van der Waals surface area contributed by atoms with E-state index in [9.17, 15) is 9.59 Å². The van der Waals surface area contributed by atoms with Gasteiger partial charge in [-0.1, -0.05) is 18.2 Å². The quantitative estimate of drug-likeness (QED) is 0.593. The fraction of sp³-hybridized carbons (Fsp3) is 0.300. The lowest BCUT2D eigenvalue weighted by Crippen LogP contribution is -2.30. The maximum Gasteiger partial charge on any atom is 0.317 e. The lowest BCUT2D eigenvalue weighted by atomic mass is 10.2. The zero-order valence-electron chi connectivity index (χ0n) is 15.5. The van der Waals surface area contributed by atoms with E-state index in [-0.39, 0.29) is 11.7 Å². The van der Waals surface area contributed by atoms with E-state index in [2.05, 4.69) is 5.32 Å². The minimum Gasteiger partial charge on any atom is -0.452 e. The summed E-state index contributed by atoms with van der Waals surface area (Å²) < 4.78 is 5.23. The number of esters is 1. The second kappa shape index (κ2) is 9.29. The molecule has 2 aromatic rings. The minimum atomic E-state index is -0.853. The van der Waals surface area contributed by atoms with Crippen molar-refractivity contribution in [2.45, 2.75) is 24.8 Å². The highest BCUT2D eigenvalue weighted by Gasteiger charge is 2.18. The van der Waals surface area contributed by atoms with Crippen molar-refractivity contribution >= 4 is 35.0 Å². The number of rotatable bonds is 7. The van der Waals surface area contributed by atoms with Gasteiger partial charge in [-0.2, -0.15) is 0 Å². The third-order valence-corrected chi connectivity index (χ3v) is 4.92. The summed E-state index contributed by atoms with van der Waals surface area (Å²) >= 11 is 1.41. The van der Waals surface area contributed by atoms with Crippen LogP contribution in [0.4, 0.5) is 11.4 Å². The Morgan fingerprint density at radius 3 is 2.38 bits per heavy atom. The predicted octanol–water partition coefficient (Wildman–Crippen LogP) is 3.72. The van der Waals surface area contributed by atoms with Gasteiger partial charge in [0.15, 0.2) is 6.10 Å². The first-order valence-corrected chi connectivity index (χ1v) is 9.31. The number of aryl methyl sites for hydroxylation is 1. The summed E-state index contributed by atoms with van der Waals surface area (Å²) in [5.41, 5.74) is 2.81. The van der Waals surface area contributed by atoms with Gasteiger partial charge in [-0.25, -0.2) is 0 Å². The van der Waals surface area contributed by atoms with Gasteiger partial charge >= 0.3 is 5.97 Å². The molecule has 1 amide bonds. The lowest BCUT2D eigenvalue weighted by molar-refractivity contribution is -0.150. The van der Waals surface area contributed by atoms with Crippen molar-refractivity contribution in [3.63, 3.8) is 0 Å². The molecule has 0 bridgehead atoms. The molecular weight excluding hydrogens is 348 g/mol. The molecule has 26 heavy (non-hydrogen) atoms. The molecule has 0 saturated carbocycles. The Labute approximate surface area is 158 Å². The van der Waals surface area contributed by atoms with Crippen molar-refractivity contribution in [1.82, 2.24) is 0 Å². The molecule has 2 rings (SSSR count). The first kappa shape index (κ1) is 19.8. The SMILES string of the molecule is Cc1ccccc1SCC(=O)O[C@H](C)C(=O)Nc1ccc(N(C)C)cc1. The Kier molecular flexibility index (Phi) is 7.09. The molecule has 1 atom stereocenters. The predicted molar refractivity (Wildman–Crippen MR) is 107 cm³/mol. The molecule has 0 aliphatic rings. The number of amides is 1. The zero-order valence-corrected chi connectivity index (χ0v) is 16.3. The van der Waals surface area contributed by atoms with E-state index in [1.807, 2.05) is 74.4 Å². The first-order valence-electron chi connectivity index (χ1n) is 8.33. The van der Waals surface area contributed by atoms with Gasteiger partial charge in [0.1, 0.15) is 0 Å². The molecule has 0 unspecified atom stereocenters. The summed E-state index contributed by atoms with van der Waals surface area (Å²) in [4.78, 5) is 27.2. The number of nitrogens with one attached hydrogen (secondary N) is 1. The maximum absolute atomic E-state index is 12.2. The van der Waals surface area contributed by atoms with Crippen molar-refractivity contribution in [3.05, 3.63) is 54.1 Å². The summed E-state index contributed by atoms with van der Waals surface area (Å²) in [7, 11) is 3.90. The van der Waals surface area contributed by atoms with Crippen LogP contribution in [0.25, 0.3) is 0 Å². The van der Waals surface area contributed by atoms with Crippen LogP contribution in [0.15, 0.2) is 53.4 Å². The van der Waals surface area contributed by atoms with Crippen molar-refractivity contribution in [2.24, 2.45) is 0 Å². The van der Waals surface area contributed by atoms with E-state index < -0.39 is 12.1 Å². The van der Waals surface area contributed by atoms with Crippen molar-refractivity contribution in [2.75, 3.05) is 30.1 Å². The smallest absolute Gasteiger partial charge is 0.317 e. The average molecular weight is 372 g/mol. The molecule has 0 aromatic heterocycles. The number of carbonyl (C=O) groups excluding carboxylic acids is 2. The Hall–Kier alpha value is -2.47. The van der Waals surface area contributed by atoms with Crippen LogP contribution in [0.5, 0.6) is 0 Å². The van der Waals surface area contributed by atoms with Crippen LogP contribution < -0.4 is 10.2 Å². The van der Waals surface area contributed by atoms with Crippen LogP contribution in [-0.4, -0.2) is 37.8 Å². The Morgan fingerprint density at radius 1 is 1.12 bits per heavy atom. The highest BCUT2D eigenvalue weighted by molar-refractivity contribution is 8.00. The number of carbonyl (C=O) groups is 2. The van der Waals surface area contributed by atoms with Gasteiger partial charge in [-0.15, -0.1) is 11.8 Å². The highest BCUT2D eigenvalue weighted by Crippen LogP contribution is 2.22. The van der Waals surface area contributed by atoms with Crippen LogP contribution in [-0.2, 0) is 14.3 Å². The molecule has 2 aromatic carbocycles. The molecule has 6 heteroatoms. The topological polar surface area (TPSA) is 58.6 Å². The monoisotopic (exact) mass is 372 g/mol. The zero-order chi connectivity index (χ0) is 19.1. The van der Waals surface area contributed by atoms with Crippen LogP contribution in [0, 0.1) is 6.92 Å². The molecule has 0 fully saturated rings. The van der Waals surface area contributed by atoms with E-state index in [1.54, 1.807) is 6.92 Å². The van der Waals surface area contributed by atoms with Crippen molar-refractivity contribution in [3.8, 4) is 0 Å². The number of anilines is 2. The van der Waals surface area contributed by atoms with Gasteiger partial charge in [0.05, 0.1) is 5.75 Å². The standard InChI is InChI=1S/C20H24N2O3S/c1-14-7-5-6-8-18(14)26-13-19(23)25-15(2)20(24)21-16-9-11-17(12-10-16)22(3)4/h5-12,15H,13H2,1-4H3,(H,21,24)/t15-/m1/s1. The number of thioether (sulfide) groups is 1. The molecule has 5 nitrogen and oxygen atoms in total. The van der Waals surface area contributed by atoms with Crippen LogP contribution in [0.3, 0.4) is 0 Å². The Balaban J connectivity index is 1.82. The number of hydrogen-bond acceptors (Lipinski definition) is 5. The van der Waals surface area contributed by atoms with E-state index in [4.69, 9.17) is 4.74 Å². The van der Waals surface area contributed by atoms with Gasteiger partial charge in [-0.3, -0.25) is 9.59 Å². The lowest BCUT2D eigenvalue weighted by Gasteiger charge is -2.15. The third kappa shape index (κ3) is 5.81. The summed E-state index contributed by atoms with van der Waals surface area (Å²) in [6, 6.07) is 15.3. The first-order chi connectivity index (χ1) is 12.4. The van der Waals surface area contributed by atoms with Crippen LogP contribution in [0.1, 0.15) is 12.5 Å². The number of benzene rings is 2. The van der Waals surface area contributed by atoms with E-state index in [0.717, 1.165) is 16.1 Å². The molecule has 0 aliphatic heterocycles. The fourth-order valence-corrected chi connectivity index (χ4v) is 3.04. The second-order valence-electron chi connectivity index (χ2n) is 6.12. The highest BCUT2D eigenvalue weighted by atomic mass is 32.2. The van der Waals surface area contributed by atoms with E-state index in [1.165, 1.54) is 11.8 Å². The summed E-state index contributed by atoms with van der Waals surface area (Å²) in [5.74, 6) is -0.597. The molecule has 0 radical (unpaired) electrons. The van der Waals surface area contributed by atoms with Crippen molar-refractivity contribution < 1.29 is 14.3 Å². The van der Waals surface area contributed by atoms with Crippen LogP contribution in [0.2, 0.25) is 0 Å². The second-order valence-corrected chi connectivity index (χ2v) is 7.13. The molecule has 0 saturated heterocycles. The Bertz CT molecular complexity index is 760.